The SMILES string of the molecule is O=C(Cl)c1c(Cl)nn2cccnc12. The van der Waals surface area contributed by atoms with Crippen LogP contribution >= 0.6 is 23.2 Å². The molecule has 2 aromatic rings. The summed E-state index contributed by atoms with van der Waals surface area (Å²) in [6.45, 7) is 0. The number of aromatic nitrogens is 3. The minimum Gasteiger partial charge on any atom is -0.275 e. The molecule has 2 rings (SSSR count). The van der Waals surface area contributed by atoms with Crippen molar-refractivity contribution in [1.82, 2.24) is 14.6 Å². The third-order valence-corrected chi connectivity index (χ3v) is 2.00. The van der Waals surface area contributed by atoms with E-state index in [-0.39, 0.29) is 10.7 Å². The van der Waals surface area contributed by atoms with Crippen molar-refractivity contribution < 1.29 is 4.79 Å². The Balaban J connectivity index is 2.86. The normalized spacial score (nSPS) is 10.6. The molecule has 0 spiro atoms. The Morgan fingerprint density at radius 2 is 2.31 bits per heavy atom. The van der Waals surface area contributed by atoms with Crippen molar-refractivity contribution in [3.63, 3.8) is 0 Å². The number of hydrogen-bond acceptors (Lipinski definition) is 3. The second-order valence-corrected chi connectivity index (χ2v) is 3.03. The van der Waals surface area contributed by atoms with Crippen molar-refractivity contribution in [1.29, 1.82) is 0 Å². The Labute approximate surface area is 83.1 Å². The molecule has 0 aliphatic heterocycles. The number of fused-ring (bicyclic) bond motifs is 1. The highest BCUT2D eigenvalue weighted by atomic mass is 35.5. The van der Waals surface area contributed by atoms with Crippen LogP contribution in [0.5, 0.6) is 0 Å². The molecule has 0 unspecified atom stereocenters. The standard InChI is InChI=1S/C7H3Cl2N3O/c8-5-4(6(9)13)7-10-2-1-3-12(7)11-5/h1-3H. The first kappa shape index (κ1) is 8.47. The fraction of sp³-hybridized carbons (Fsp3) is 0. The molecule has 0 aliphatic rings. The van der Waals surface area contributed by atoms with Gasteiger partial charge in [0.1, 0.15) is 5.56 Å². The van der Waals surface area contributed by atoms with Gasteiger partial charge in [-0.25, -0.2) is 9.50 Å². The van der Waals surface area contributed by atoms with Crippen LogP contribution in [0.25, 0.3) is 5.65 Å². The smallest absolute Gasteiger partial charge is 0.259 e. The Kier molecular flexibility index (Phi) is 1.94. The fourth-order valence-electron chi connectivity index (χ4n) is 1.03. The van der Waals surface area contributed by atoms with Gasteiger partial charge in [-0.2, -0.15) is 5.10 Å². The van der Waals surface area contributed by atoms with Gasteiger partial charge in [-0.1, -0.05) is 11.6 Å². The number of rotatable bonds is 1. The number of carbonyl (C=O) groups excluding carboxylic acids is 1. The van der Waals surface area contributed by atoms with E-state index in [9.17, 15) is 4.79 Å². The predicted molar refractivity (Wildman–Crippen MR) is 48.2 cm³/mol. The molecule has 2 aromatic heterocycles. The van der Waals surface area contributed by atoms with Crippen LogP contribution in [0.2, 0.25) is 5.15 Å². The van der Waals surface area contributed by atoms with Gasteiger partial charge in [-0.05, 0) is 17.7 Å². The van der Waals surface area contributed by atoms with Crippen LogP contribution in [0.1, 0.15) is 10.4 Å². The fourth-order valence-corrected chi connectivity index (χ4v) is 1.50. The van der Waals surface area contributed by atoms with Crippen molar-refractivity contribution in [2.45, 2.75) is 0 Å². The highest BCUT2D eigenvalue weighted by Crippen LogP contribution is 2.19. The second kappa shape index (κ2) is 2.97. The molecule has 13 heavy (non-hydrogen) atoms. The molecule has 4 nitrogen and oxygen atoms in total. The van der Waals surface area contributed by atoms with Crippen molar-refractivity contribution in [2.24, 2.45) is 0 Å². The lowest BCUT2D eigenvalue weighted by Crippen LogP contribution is -1.91. The lowest BCUT2D eigenvalue weighted by molar-refractivity contribution is 0.108. The zero-order valence-electron chi connectivity index (χ0n) is 6.24. The van der Waals surface area contributed by atoms with Gasteiger partial charge in [-0.15, -0.1) is 0 Å². The van der Waals surface area contributed by atoms with E-state index in [0.717, 1.165) is 0 Å². The van der Waals surface area contributed by atoms with E-state index in [0.29, 0.717) is 5.65 Å². The zero-order chi connectivity index (χ0) is 9.42. The number of hydrogen-bond donors (Lipinski definition) is 0. The number of halogens is 2. The topological polar surface area (TPSA) is 47.3 Å². The molecule has 2 heterocycles. The van der Waals surface area contributed by atoms with E-state index < -0.39 is 5.24 Å². The van der Waals surface area contributed by atoms with E-state index in [4.69, 9.17) is 23.2 Å². The van der Waals surface area contributed by atoms with E-state index in [1.54, 1.807) is 12.3 Å². The number of carbonyl (C=O) groups is 1. The van der Waals surface area contributed by atoms with Crippen LogP contribution in [-0.2, 0) is 0 Å². The van der Waals surface area contributed by atoms with Crippen molar-refractivity contribution in [3.05, 3.63) is 29.2 Å². The van der Waals surface area contributed by atoms with Crippen molar-refractivity contribution >= 4 is 34.1 Å². The lowest BCUT2D eigenvalue weighted by atomic mass is 10.4. The molecule has 0 saturated carbocycles. The Morgan fingerprint density at radius 3 is 3.00 bits per heavy atom. The largest absolute Gasteiger partial charge is 0.275 e. The summed E-state index contributed by atoms with van der Waals surface area (Å²) in [6.07, 6.45) is 3.17. The minimum atomic E-state index is -0.654. The van der Waals surface area contributed by atoms with E-state index >= 15 is 0 Å². The predicted octanol–water partition coefficient (Wildman–Crippen LogP) is 1.76. The lowest BCUT2D eigenvalue weighted by Gasteiger charge is -1.89. The second-order valence-electron chi connectivity index (χ2n) is 2.33. The van der Waals surface area contributed by atoms with Gasteiger partial charge in [0.25, 0.3) is 5.24 Å². The molecule has 0 aromatic carbocycles. The Hall–Kier alpha value is -1.13. The van der Waals surface area contributed by atoms with Gasteiger partial charge in [0.2, 0.25) is 0 Å². The highest BCUT2D eigenvalue weighted by molar-refractivity contribution is 6.69. The van der Waals surface area contributed by atoms with Gasteiger partial charge in [0.15, 0.2) is 10.8 Å². The van der Waals surface area contributed by atoms with Crippen LogP contribution in [-0.4, -0.2) is 19.8 Å². The third-order valence-electron chi connectivity index (χ3n) is 1.55. The van der Waals surface area contributed by atoms with Crippen LogP contribution < -0.4 is 0 Å². The minimum absolute atomic E-state index is 0.0682. The molecular weight excluding hydrogens is 213 g/mol. The highest BCUT2D eigenvalue weighted by Gasteiger charge is 2.16. The van der Waals surface area contributed by atoms with Crippen molar-refractivity contribution in [2.75, 3.05) is 0 Å². The molecule has 0 fully saturated rings. The average molecular weight is 216 g/mol. The summed E-state index contributed by atoms with van der Waals surface area (Å²) in [4.78, 5) is 14.9. The van der Waals surface area contributed by atoms with E-state index in [2.05, 4.69) is 10.1 Å². The summed E-state index contributed by atoms with van der Waals surface area (Å²) in [7, 11) is 0. The first-order chi connectivity index (χ1) is 6.20. The maximum atomic E-state index is 10.9. The van der Waals surface area contributed by atoms with Gasteiger partial charge in [0, 0.05) is 12.4 Å². The van der Waals surface area contributed by atoms with Gasteiger partial charge < -0.3 is 0 Å². The molecule has 0 bridgehead atoms. The Bertz CT molecular complexity index is 480. The summed E-state index contributed by atoms with van der Waals surface area (Å²) in [6, 6.07) is 1.68. The molecule has 0 amide bonds. The number of nitrogens with zero attached hydrogens (tertiary/aromatic N) is 3. The van der Waals surface area contributed by atoms with E-state index in [1.807, 2.05) is 0 Å². The quantitative estimate of drug-likeness (QED) is 0.682. The van der Waals surface area contributed by atoms with Gasteiger partial charge >= 0.3 is 0 Å². The molecule has 6 heteroatoms. The molecule has 0 atom stereocenters. The van der Waals surface area contributed by atoms with Gasteiger partial charge in [-0.3, -0.25) is 4.79 Å². The Morgan fingerprint density at radius 1 is 1.54 bits per heavy atom. The van der Waals surface area contributed by atoms with Gasteiger partial charge in [0.05, 0.1) is 0 Å². The molecule has 66 valence electrons. The molecule has 0 saturated heterocycles. The van der Waals surface area contributed by atoms with Crippen LogP contribution in [0, 0.1) is 0 Å². The molecular formula is C7H3Cl2N3O. The maximum absolute atomic E-state index is 10.9. The summed E-state index contributed by atoms with van der Waals surface area (Å²) in [5.41, 5.74) is 0.511. The average Bonchev–Trinajstić information content (AvgIpc) is 2.39. The van der Waals surface area contributed by atoms with Crippen molar-refractivity contribution in [3.8, 4) is 0 Å². The van der Waals surface area contributed by atoms with Crippen LogP contribution in [0.3, 0.4) is 0 Å². The first-order valence-electron chi connectivity index (χ1n) is 3.39. The zero-order valence-corrected chi connectivity index (χ0v) is 7.75. The molecule has 0 aliphatic carbocycles. The first-order valence-corrected chi connectivity index (χ1v) is 4.14. The summed E-state index contributed by atoms with van der Waals surface area (Å²) < 4.78 is 1.40. The summed E-state index contributed by atoms with van der Waals surface area (Å²) >= 11 is 11.0. The molecule has 0 N–H and O–H groups in total. The summed E-state index contributed by atoms with van der Waals surface area (Å²) in [5, 5.41) is 3.26. The summed E-state index contributed by atoms with van der Waals surface area (Å²) in [5.74, 6) is 0. The monoisotopic (exact) mass is 215 g/mol. The molecule has 0 radical (unpaired) electrons. The van der Waals surface area contributed by atoms with Crippen LogP contribution in [0.4, 0.5) is 0 Å². The third kappa shape index (κ3) is 1.28. The van der Waals surface area contributed by atoms with E-state index in [1.165, 1.54) is 10.7 Å². The maximum Gasteiger partial charge on any atom is 0.259 e. The van der Waals surface area contributed by atoms with Crippen LogP contribution in [0.15, 0.2) is 18.5 Å².